The van der Waals surface area contributed by atoms with E-state index in [1.165, 1.54) is 32.1 Å². The number of nitrogens with zero attached hydrogens (tertiary/aromatic N) is 1. The Morgan fingerprint density at radius 2 is 1.94 bits per heavy atom. The highest BCUT2D eigenvalue weighted by Crippen LogP contribution is 2.24. The molecule has 3 nitrogen and oxygen atoms in total. The molecule has 0 aliphatic heterocycles. The van der Waals surface area contributed by atoms with Crippen molar-refractivity contribution in [1.82, 2.24) is 10.2 Å². The summed E-state index contributed by atoms with van der Waals surface area (Å²) in [5, 5.41) is 13.3. The van der Waals surface area contributed by atoms with Gasteiger partial charge in [0.15, 0.2) is 0 Å². The van der Waals surface area contributed by atoms with Gasteiger partial charge in [-0.3, -0.25) is 4.90 Å². The fourth-order valence-electron chi connectivity index (χ4n) is 2.76. The van der Waals surface area contributed by atoms with Crippen LogP contribution in [-0.2, 0) is 0 Å². The Morgan fingerprint density at radius 1 is 1.28 bits per heavy atom. The molecule has 18 heavy (non-hydrogen) atoms. The zero-order valence-electron chi connectivity index (χ0n) is 12.5. The van der Waals surface area contributed by atoms with Crippen LogP contribution in [0.5, 0.6) is 0 Å². The maximum Gasteiger partial charge on any atom is 0.0791 e. The SMILES string of the molecule is CCNCC(O)CN(CCC(C)C)C1CCCC1. The van der Waals surface area contributed by atoms with E-state index in [-0.39, 0.29) is 6.10 Å². The Hall–Kier alpha value is -0.120. The first-order valence-electron chi connectivity index (χ1n) is 7.76. The Balaban J connectivity index is 2.37. The minimum absolute atomic E-state index is 0.224. The van der Waals surface area contributed by atoms with Gasteiger partial charge >= 0.3 is 0 Å². The van der Waals surface area contributed by atoms with Crippen LogP contribution in [0.25, 0.3) is 0 Å². The fraction of sp³-hybridized carbons (Fsp3) is 1.00. The molecule has 1 unspecified atom stereocenters. The lowest BCUT2D eigenvalue weighted by Crippen LogP contribution is -2.43. The molecular formula is C15H32N2O. The molecule has 0 amide bonds. The van der Waals surface area contributed by atoms with Crippen LogP contribution >= 0.6 is 0 Å². The average Bonchev–Trinajstić information content (AvgIpc) is 2.85. The molecular weight excluding hydrogens is 224 g/mol. The molecule has 2 N–H and O–H groups in total. The molecule has 1 rings (SSSR count). The third-order valence-corrected chi connectivity index (χ3v) is 3.91. The van der Waals surface area contributed by atoms with Crippen LogP contribution in [0.2, 0.25) is 0 Å². The van der Waals surface area contributed by atoms with Gasteiger partial charge in [0.25, 0.3) is 0 Å². The van der Waals surface area contributed by atoms with Crippen molar-refractivity contribution in [2.75, 3.05) is 26.2 Å². The lowest BCUT2D eigenvalue weighted by molar-refractivity contribution is 0.0842. The van der Waals surface area contributed by atoms with Crippen LogP contribution in [0.3, 0.4) is 0 Å². The summed E-state index contributed by atoms with van der Waals surface area (Å²) in [6, 6.07) is 0.722. The highest BCUT2D eigenvalue weighted by Gasteiger charge is 2.24. The standard InChI is InChI=1S/C15H32N2O/c1-4-16-11-15(18)12-17(10-9-13(2)3)14-7-5-6-8-14/h13-16,18H,4-12H2,1-3H3. The zero-order valence-corrected chi connectivity index (χ0v) is 12.5. The third kappa shape index (κ3) is 6.17. The van der Waals surface area contributed by atoms with Gasteiger partial charge < -0.3 is 10.4 Å². The van der Waals surface area contributed by atoms with Crippen LogP contribution in [0.1, 0.15) is 52.9 Å². The molecule has 0 saturated heterocycles. The zero-order chi connectivity index (χ0) is 13.4. The van der Waals surface area contributed by atoms with Crippen molar-refractivity contribution in [3.63, 3.8) is 0 Å². The molecule has 0 spiro atoms. The number of rotatable bonds is 9. The van der Waals surface area contributed by atoms with E-state index in [1.54, 1.807) is 0 Å². The second-order valence-corrected chi connectivity index (χ2v) is 6.08. The van der Waals surface area contributed by atoms with E-state index in [9.17, 15) is 5.11 Å². The molecule has 0 bridgehead atoms. The second-order valence-electron chi connectivity index (χ2n) is 6.08. The average molecular weight is 256 g/mol. The minimum Gasteiger partial charge on any atom is -0.390 e. The number of aliphatic hydroxyl groups excluding tert-OH is 1. The van der Waals surface area contributed by atoms with Crippen LogP contribution < -0.4 is 5.32 Å². The highest BCUT2D eigenvalue weighted by atomic mass is 16.3. The molecule has 0 aromatic heterocycles. The maximum absolute atomic E-state index is 10.1. The highest BCUT2D eigenvalue weighted by molar-refractivity contribution is 4.80. The first-order valence-corrected chi connectivity index (χ1v) is 7.76. The number of likely N-dealkylation sites (N-methyl/N-ethyl adjacent to an activating group) is 1. The first kappa shape index (κ1) is 15.9. The van der Waals surface area contributed by atoms with Gasteiger partial charge in [-0.2, -0.15) is 0 Å². The number of hydrogen-bond acceptors (Lipinski definition) is 3. The normalized spacial score (nSPS) is 19.0. The van der Waals surface area contributed by atoms with Crippen molar-refractivity contribution >= 4 is 0 Å². The van der Waals surface area contributed by atoms with E-state index in [2.05, 4.69) is 31.0 Å². The summed E-state index contributed by atoms with van der Waals surface area (Å²) >= 11 is 0. The molecule has 0 aromatic rings. The lowest BCUT2D eigenvalue weighted by atomic mass is 10.1. The summed E-state index contributed by atoms with van der Waals surface area (Å²) in [7, 11) is 0. The van der Waals surface area contributed by atoms with Gasteiger partial charge in [0.2, 0.25) is 0 Å². The molecule has 1 saturated carbocycles. The van der Waals surface area contributed by atoms with Crippen molar-refractivity contribution in [3.05, 3.63) is 0 Å². The topological polar surface area (TPSA) is 35.5 Å². The van der Waals surface area contributed by atoms with E-state index >= 15 is 0 Å². The van der Waals surface area contributed by atoms with Crippen molar-refractivity contribution < 1.29 is 5.11 Å². The van der Waals surface area contributed by atoms with Crippen LogP contribution in [-0.4, -0.2) is 48.3 Å². The number of aliphatic hydroxyl groups is 1. The Bertz CT molecular complexity index is 203. The monoisotopic (exact) mass is 256 g/mol. The van der Waals surface area contributed by atoms with Crippen molar-refractivity contribution in [1.29, 1.82) is 0 Å². The molecule has 1 aliphatic rings. The quantitative estimate of drug-likeness (QED) is 0.664. The van der Waals surface area contributed by atoms with Crippen LogP contribution in [0, 0.1) is 5.92 Å². The summed E-state index contributed by atoms with van der Waals surface area (Å²) < 4.78 is 0. The Labute approximate surface area is 113 Å². The van der Waals surface area contributed by atoms with E-state index in [1.807, 2.05) is 0 Å². The molecule has 1 fully saturated rings. The van der Waals surface area contributed by atoms with E-state index in [4.69, 9.17) is 0 Å². The summed E-state index contributed by atoms with van der Waals surface area (Å²) in [6.45, 7) is 10.3. The molecule has 0 radical (unpaired) electrons. The van der Waals surface area contributed by atoms with Crippen molar-refractivity contribution in [2.24, 2.45) is 5.92 Å². The largest absolute Gasteiger partial charge is 0.390 e. The van der Waals surface area contributed by atoms with Crippen LogP contribution in [0.4, 0.5) is 0 Å². The predicted octanol–water partition coefficient (Wildman–Crippen LogP) is 2.25. The molecule has 3 heteroatoms. The van der Waals surface area contributed by atoms with Crippen molar-refractivity contribution in [2.45, 2.75) is 65.0 Å². The van der Waals surface area contributed by atoms with Gasteiger partial charge in [0.05, 0.1) is 6.10 Å². The van der Waals surface area contributed by atoms with Gasteiger partial charge in [-0.25, -0.2) is 0 Å². The lowest BCUT2D eigenvalue weighted by Gasteiger charge is -2.31. The molecule has 0 heterocycles. The van der Waals surface area contributed by atoms with E-state index in [0.717, 1.165) is 38.1 Å². The molecule has 1 aliphatic carbocycles. The Kier molecular flexibility index (Phi) is 7.87. The predicted molar refractivity (Wildman–Crippen MR) is 77.8 cm³/mol. The van der Waals surface area contributed by atoms with Crippen molar-refractivity contribution in [3.8, 4) is 0 Å². The second kappa shape index (κ2) is 8.89. The fourth-order valence-corrected chi connectivity index (χ4v) is 2.76. The van der Waals surface area contributed by atoms with E-state index in [0.29, 0.717) is 0 Å². The van der Waals surface area contributed by atoms with Gasteiger partial charge in [-0.05, 0) is 38.3 Å². The van der Waals surface area contributed by atoms with Gasteiger partial charge in [0, 0.05) is 19.1 Å². The molecule has 108 valence electrons. The maximum atomic E-state index is 10.1. The first-order chi connectivity index (χ1) is 8.63. The summed E-state index contributed by atoms with van der Waals surface area (Å²) in [5.74, 6) is 0.750. The smallest absolute Gasteiger partial charge is 0.0791 e. The third-order valence-electron chi connectivity index (χ3n) is 3.91. The number of nitrogens with one attached hydrogen (secondary N) is 1. The summed E-state index contributed by atoms with van der Waals surface area (Å²) in [6.07, 6.45) is 6.40. The minimum atomic E-state index is -0.224. The van der Waals surface area contributed by atoms with E-state index < -0.39 is 0 Å². The molecule has 1 atom stereocenters. The number of hydrogen-bond donors (Lipinski definition) is 2. The molecule has 0 aromatic carbocycles. The van der Waals surface area contributed by atoms with Crippen LogP contribution in [0.15, 0.2) is 0 Å². The van der Waals surface area contributed by atoms with Gasteiger partial charge in [-0.15, -0.1) is 0 Å². The summed E-state index contributed by atoms with van der Waals surface area (Å²) in [5.41, 5.74) is 0. The van der Waals surface area contributed by atoms with Gasteiger partial charge in [0.1, 0.15) is 0 Å². The Morgan fingerprint density at radius 3 is 2.50 bits per heavy atom. The summed E-state index contributed by atoms with van der Waals surface area (Å²) in [4.78, 5) is 2.54. The van der Waals surface area contributed by atoms with Gasteiger partial charge in [-0.1, -0.05) is 33.6 Å².